The van der Waals surface area contributed by atoms with Crippen LogP contribution in [0.1, 0.15) is 33.7 Å². The molecule has 1 aliphatic heterocycles. The predicted octanol–water partition coefficient (Wildman–Crippen LogP) is 0.371. The number of carbonyl (C=O) groups excluding carboxylic acids is 3. The van der Waals surface area contributed by atoms with Crippen molar-refractivity contribution >= 4 is 17.8 Å². The molecule has 22 heavy (non-hydrogen) atoms. The van der Waals surface area contributed by atoms with Gasteiger partial charge in [0.1, 0.15) is 12.1 Å². The lowest BCUT2D eigenvalue weighted by Crippen LogP contribution is -2.44. The maximum atomic E-state index is 12.4. The smallest absolute Gasteiger partial charge is 0.339 e. The molecule has 2 heterocycles. The maximum absolute atomic E-state index is 12.4. The minimum absolute atomic E-state index is 0.115. The summed E-state index contributed by atoms with van der Waals surface area (Å²) in [6.45, 7) is 0.781. The molecule has 0 aromatic carbocycles. The van der Waals surface area contributed by atoms with E-state index in [1.807, 2.05) is 0 Å². The standard InChI is InChI=1S/C14H14N4O4/c1-22-14(21)10-3-4-11(16-9-10)13(20)18-8-2-7-17(18)12(19)5-6-15/h3-4,9H,2,5,7-8H2,1H3. The van der Waals surface area contributed by atoms with Crippen molar-refractivity contribution in [2.45, 2.75) is 12.8 Å². The number of rotatable bonds is 3. The van der Waals surface area contributed by atoms with Crippen LogP contribution in [0.15, 0.2) is 18.3 Å². The average Bonchev–Trinajstić information content (AvgIpc) is 3.03. The average molecular weight is 302 g/mol. The summed E-state index contributed by atoms with van der Waals surface area (Å²) in [6.07, 6.45) is 1.61. The summed E-state index contributed by atoms with van der Waals surface area (Å²) in [6, 6.07) is 4.61. The van der Waals surface area contributed by atoms with Gasteiger partial charge in [0, 0.05) is 19.3 Å². The topological polar surface area (TPSA) is 104 Å². The molecule has 1 aromatic heterocycles. The van der Waals surface area contributed by atoms with Crippen LogP contribution >= 0.6 is 0 Å². The Kier molecular flexibility index (Phi) is 4.68. The van der Waals surface area contributed by atoms with Crippen molar-refractivity contribution in [3.8, 4) is 6.07 Å². The number of aromatic nitrogens is 1. The van der Waals surface area contributed by atoms with Gasteiger partial charge in [0.15, 0.2) is 0 Å². The number of nitriles is 1. The summed E-state index contributed by atoms with van der Waals surface area (Å²) in [5.74, 6) is -1.40. The second kappa shape index (κ2) is 6.67. The highest BCUT2D eigenvalue weighted by molar-refractivity contribution is 5.95. The summed E-state index contributed by atoms with van der Waals surface area (Å²) >= 11 is 0. The lowest BCUT2D eigenvalue weighted by molar-refractivity contribution is -0.139. The van der Waals surface area contributed by atoms with E-state index in [1.54, 1.807) is 6.07 Å². The summed E-state index contributed by atoms with van der Waals surface area (Å²) in [5.41, 5.74) is 0.349. The van der Waals surface area contributed by atoms with E-state index in [0.29, 0.717) is 19.5 Å². The number of hydrogen-bond acceptors (Lipinski definition) is 6. The minimum Gasteiger partial charge on any atom is -0.465 e. The van der Waals surface area contributed by atoms with Crippen LogP contribution in [0.5, 0.6) is 0 Å². The van der Waals surface area contributed by atoms with Gasteiger partial charge in [-0.05, 0) is 18.6 Å². The van der Waals surface area contributed by atoms with E-state index >= 15 is 0 Å². The van der Waals surface area contributed by atoms with Crippen LogP contribution in [-0.2, 0) is 9.53 Å². The van der Waals surface area contributed by atoms with Crippen LogP contribution in [0.3, 0.4) is 0 Å². The molecule has 0 saturated carbocycles. The summed E-state index contributed by atoms with van der Waals surface area (Å²) < 4.78 is 4.55. The van der Waals surface area contributed by atoms with Crippen LogP contribution in [0.2, 0.25) is 0 Å². The van der Waals surface area contributed by atoms with Crippen molar-refractivity contribution in [3.05, 3.63) is 29.6 Å². The molecular weight excluding hydrogens is 288 g/mol. The van der Waals surface area contributed by atoms with Crippen LogP contribution < -0.4 is 0 Å². The van der Waals surface area contributed by atoms with Crippen LogP contribution in [0.4, 0.5) is 0 Å². The van der Waals surface area contributed by atoms with Gasteiger partial charge in [-0.1, -0.05) is 0 Å². The van der Waals surface area contributed by atoms with Gasteiger partial charge < -0.3 is 4.74 Å². The van der Waals surface area contributed by atoms with Crippen molar-refractivity contribution in [1.82, 2.24) is 15.0 Å². The molecule has 1 saturated heterocycles. The number of methoxy groups -OCH3 is 1. The third-order valence-electron chi connectivity index (χ3n) is 3.19. The zero-order chi connectivity index (χ0) is 16.1. The molecule has 0 bridgehead atoms. The molecule has 2 rings (SSSR count). The summed E-state index contributed by atoms with van der Waals surface area (Å²) in [5, 5.41) is 11.1. The van der Waals surface area contributed by atoms with Gasteiger partial charge in [-0.2, -0.15) is 5.26 Å². The van der Waals surface area contributed by atoms with Crippen molar-refractivity contribution < 1.29 is 19.1 Å². The molecule has 0 radical (unpaired) electrons. The molecule has 1 fully saturated rings. The fraction of sp³-hybridized carbons (Fsp3) is 0.357. The molecule has 114 valence electrons. The second-order valence-electron chi connectivity index (χ2n) is 4.56. The van der Waals surface area contributed by atoms with E-state index in [2.05, 4.69) is 9.72 Å². The lowest BCUT2D eigenvalue weighted by atomic mass is 10.2. The number of amides is 2. The number of hydrogen-bond donors (Lipinski definition) is 0. The Bertz CT molecular complexity index is 635. The van der Waals surface area contributed by atoms with Crippen LogP contribution in [0, 0.1) is 11.3 Å². The molecule has 2 amide bonds. The zero-order valence-electron chi connectivity index (χ0n) is 12.0. The van der Waals surface area contributed by atoms with E-state index in [4.69, 9.17) is 5.26 Å². The van der Waals surface area contributed by atoms with Gasteiger partial charge in [0.05, 0.1) is 18.7 Å². The highest BCUT2D eigenvalue weighted by Gasteiger charge is 2.31. The molecule has 0 atom stereocenters. The fourth-order valence-corrected chi connectivity index (χ4v) is 2.13. The number of carbonyl (C=O) groups is 3. The number of esters is 1. The maximum Gasteiger partial charge on any atom is 0.339 e. The third kappa shape index (κ3) is 3.03. The minimum atomic E-state index is -0.543. The largest absolute Gasteiger partial charge is 0.465 e. The first-order valence-corrected chi connectivity index (χ1v) is 6.62. The fourth-order valence-electron chi connectivity index (χ4n) is 2.13. The predicted molar refractivity (Wildman–Crippen MR) is 73.2 cm³/mol. The first-order valence-electron chi connectivity index (χ1n) is 6.62. The molecule has 0 unspecified atom stereocenters. The second-order valence-corrected chi connectivity index (χ2v) is 4.56. The number of hydrazine groups is 1. The van der Waals surface area contributed by atoms with Gasteiger partial charge in [0.25, 0.3) is 11.8 Å². The molecule has 0 aliphatic carbocycles. The van der Waals surface area contributed by atoms with Gasteiger partial charge in [-0.15, -0.1) is 0 Å². The quantitative estimate of drug-likeness (QED) is 0.747. The van der Waals surface area contributed by atoms with E-state index in [9.17, 15) is 14.4 Å². The van der Waals surface area contributed by atoms with E-state index in [-0.39, 0.29) is 17.7 Å². The van der Waals surface area contributed by atoms with E-state index in [1.165, 1.54) is 35.5 Å². The Morgan fingerprint density at radius 1 is 1.32 bits per heavy atom. The Morgan fingerprint density at radius 2 is 2.05 bits per heavy atom. The number of nitrogens with zero attached hydrogens (tertiary/aromatic N) is 4. The van der Waals surface area contributed by atoms with Gasteiger partial charge in [-0.3, -0.25) is 19.6 Å². The first kappa shape index (κ1) is 15.4. The third-order valence-corrected chi connectivity index (χ3v) is 3.19. The first-order chi connectivity index (χ1) is 10.6. The lowest BCUT2D eigenvalue weighted by Gasteiger charge is -2.26. The molecule has 8 nitrogen and oxygen atoms in total. The molecule has 0 spiro atoms. The molecule has 8 heteroatoms. The number of ether oxygens (including phenoxy) is 1. The molecule has 0 N–H and O–H groups in total. The van der Waals surface area contributed by atoms with Crippen molar-refractivity contribution in [2.75, 3.05) is 20.2 Å². The molecule has 1 aromatic rings. The summed E-state index contributed by atoms with van der Waals surface area (Å²) in [4.78, 5) is 39.4. The Hall–Kier alpha value is -2.95. The summed E-state index contributed by atoms with van der Waals surface area (Å²) in [7, 11) is 1.25. The van der Waals surface area contributed by atoms with Gasteiger partial charge in [-0.25, -0.2) is 9.80 Å². The zero-order valence-corrected chi connectivity index (χ0v) is 12.0. The van der Waals surface area contributed by atoms with E-state index < -0.39 is 17.8 Å². The monoisotopic (exact) mass is 302 g/mol. The van der Waals surface area contributed by atoms with Gasteiger partial charge >= 0.3 is 5.97 Å². The highest BCUT2D eigenvalue weighted by atomic mass is 16.5. The molecular formula is C14H14N4O4. The van der Waals surface area contributed by atoms with Gasteiger partial charge in [0.2, 0.25) is 0 Å². The Balaban J connectivity index is 2.15. The Morgan fingerprint density at radius 3 is 2.64 bits per heavy atom. The van der Waals surface area contributed by atoms with Crippen molar-refractivity contribution in [2.24, 2.45) is 0 Å². The SMILES string of the molecule is COC(=O)c1ccc(C(=O)N2CCCN2C(=O)CC#N)nc1. The van der Waals surface area contributed by atoms with Crippen LogP contribution in [-0.4, -0.2) is 53.0 Å². The molecule has 1 aliphatic rings. The highest BCUT2D eigenvalue weighted by Crippen LogP contribution is 2.15. The Labute approximate surface area is 126 Å². The van der Waals surface area contributed by atoms with Crippen molar-refractivity contribution in [3.63, 3.8) is 0 Å². The normalized spacial score (nSPS) is 13.6. The van der Waals surface area contributed by atoms with Crippen molar-refractivity contribution in [1.29, 1.82) is 5.26 Å². The van der Waals surface area contributed by atoms with E-state index in [0.717, 1.165) is 0 Å². The number of pyridine rings is 1. The van der Waals surface area contributed by atoms with Crippen LogP contribution in [0.25, 0.3) is 0 Å².